The summed E-state index contributed by atoms with van der Waals surface area (Å²) in [6.07, 6.45) is 0.572. The predicted octanol–water partition coefficient (Wildman–Crippen LogP) is 3.15. The normalized spacial score (nSPS) is 13.0. The molecule has 5 rings (SSSR count). The van der Waals surface area contributed by atoms with Gasteiger partial charge in [0.25, 0.3) is 11.8 Å². The number of nitrogens with zero attached hydrogens (tertiary/aromatic N) is 3. The minimum Gasteiger partial charge on any atom is -0.365 e. The highest BCUT2D eigenvalue weighted by Crippen LogP contribution is 2.37. The molecule has 0 atom stereocenters. The van der Waals surface area contributed by atoms with Crippen LogP contribution in [0.15, 0.2) is 42.5 Å². The average molecular weight is 495 g/mol. The lowest BCUT2D eigenvalue weighted by Crippen LogP contribution is -2.35. The van der Waals surface area contributed by atoms with Crippen LogP contribution in [0.3, 0.4) is 0 Å². The van der Waals surface area contributed by atoms with E-state index in [1.807, 2.05) is 0 Å². The maximum atomic E-state index is 13.1. The van der Waals surface area contributed by atoms with E-state index in [4.69, 9.17) is 17.3 Å². The maximum absolute atomic E-state index is 13.1. The molecule has 0 saturated heterocycles. The van der Waals surface area contributed by atoms with Gasteiger partial charge in [-0.2, -0.15) is 0 Å². The first-order chi connectivity index (χ1) is 16.4. The molecule has 3 heterocycles. The molecule has 172 valence electrons. The molecule has 11 heteroatoms. The van der Waals surface area contributed by atoms with Crippen LogP contribution in [0.2, 0.25) is 5.02 Å². The predicted molar refractivity (Wildman–Crippen MR) is 129 cm³/mol. The number of carbonyl (C=O) groups is 3. The van der Waals surface area contributed by atoms with Crippen LogP contribution >= 0.6 is 22.9 Å². The molecular weight excluding hydrogens is 476 g/mol. The summed E-state index contributed by atoms with van der Waals surface area (Å²) in [6.45, 7) is 0.746. The summed E-state index contributed by atoms with van der Waals surface area (Å²) in [4.78, 5) is 40.5. The van der Waals surface area contributed by atoms with Crippen LogP contribution in [-0.2, 0) is 24.2 Å². The molecule has 0 saturated carbocycles. The van der Waals surface area contributed by atoms with Crippen LogP contribution in [0.5, 0.6) is 0 Å². The van der Waals surface area contributed by atoms with E-state index < -0.39 is 5.91 Å². The number of aromatic amines is 1. The lowest BCUT2D eigenvalue weighted by Gasteiger charge is -2.27. The lowest BCUT2D eigenvalue weighted by molar-refractivity contribution is -0.115. The molecule has 2 aromatic carbocycles. The van der Waals surface area contributed by atoms with Crippen molar-refractivity contribution in [3.05, 3.63) is 74.6 Å². The number of aromatic nitrogens is 3. The summed E-state index contributed by atoms with van der Waals surface area (Å²) in [6, 6.07) is 12.2. The highest BCUT2D eigenvalue weighted by Gasteiger charge is 2.30. The topological polar surface area (TPSA) is 134 Å². The number of fused-ring (bicyclic) bond motifs is 2. The molecule has 0 aliphatic carbocycles. The van der Waals surface area contributed by atoms with Crippen molar-refractivity contribution in [1.29, 1.82) is 0 Å². The zero-order valence-corrected chi connectivity index (χ0v) is 19.4. The summed E-state index contributed by atoms with van der Waals surface area (Å²) >= 11 is 7.27. The van der Waals surface area contributed by atoms with Crippen LogP contribution in [0.4, 0.5) is 5.00 Å². The smallest absolute Gasteiger partial charge is 0.254 e. The van der Waals surface area contributed by atoms with E-state index >= 15 is 0 Å². The number of hydrogen-bond acceptors (Lipinski definition) is 6. The second-order valence-electron chi connectivity index (χ2n) is 7.95. The van der Waals surface area contributed by atoms with Gasteiger partial charge in [0, 0.05) is 22.0 Å². The van der Waals surface area contributed by atoms with E-state index in [9.17, 15) is 14.4 Å². The highest BCUT2D eigenvalue weighted by molar-refractivity contribution is 7.17. The Hall–Kier alpha value is -3.76. The summed E-state index contributed by atoms with van der Waals surface area (Å²) < 4.78 is 0. The fourth-order valence-corrected chi connectivity index (χ4v) is 5.58. The number of primary amides is 1. The second-order valence-corrected chi connectivity index (χ2v) is 9.49. The van der Waals surface area contributed by atoms with E-state index in [2.05, 4.69) is 20.7 Å². The molecule has 1 aliphatic rings. The number of H-pyrrole nitrogens is 1. The van der Waals surface area contributed by atoms with Gasteiger partial charge in [0.05, 0.1) is 24.0 Å². The molecule has 0 radical (unpaired) electrons. The fraction of sp³-hybridized carbons (Fsp3) is 0.174. The van der Waals surface area contributed by atoms with Crippen molar-refractivity contribution in [3.8, 4) is 0 Å². The maximum Gasteiger partial charge on any atom is 0.254 e. The summed E-state index contributed by atoms with van der Waals surface area (Å²) in [5, 5.41) is 14.2. The van der Waals surface area contributed by atoms with Gasteiger partial charge < -0.3 is 16.0 Å². The molecule has 4 aromatic rings. The third-order valence-corrected chi connectivity index (χ3v) is 7.04. The van der Waals surface area contributed by atoms with E-state index in [-0.39, 0.29) is 18.2 Å². The Morgan fingerprint density at radius 2 is 2.06 bits per heavy atom. The first-order valence-corrected chi connectivity index (χ1v) is 11.7. The molecule has 34 heavy (non-hydrogen) atoms. The van der Waals surface area contributed by atoms with Crippen LogP contribution in [0.1, 0.15) is 36.7 Å². The molecule has 9 nitrogen and oxygen atoms in total. The molecule has 0 bridgehead atoms. The third kappa shape index (κ3) is 4.25. The Labute approximate surface area is 202 Å². The standard InChI is InChI=1S/C23H19ClN6O3S/c24-14-3-1-2-12(8-14)9-19(31)26-22-20(21(25)32)15-6-7-30(11-18(15)34-22)23(33)13-4-5-16-17(10-13)28-29-27-16/h1-5,8,10H,6-7,9,11H2,(H2,25,32)(H,26,31)(H,27,28,29). The Balaban J connectivity index is 1.36. The van der Waals surface area contributed by atoms with Crippen LogP contribution in [0.25, 0.3) is 11.0 Å². The number of nitrogens with two attached hydrogens (primary N) is 1. The fourth-order valence-electron chi connectivity index (χ4n) is 4.09. The number of nitrogens with one attached hydrogen (secondary N) is 2. The molecule has 0 fully saturated rings. The van der Waals surface area contributed by atoms with Gasteiger partial charge in [-0.05, 0) is 47.9 Å². The largest absolute Gasteiger partial charge is 0.365 e. The van der Waals surface area contributed by atoms with Gasteiger partial charge >= 0.3 is 0 Å². The SMILES string of the molecule is NC(=O)c1c(NC(=O)Cc2cccc(Cl)c2)sc2c1CCN(C(=O)c1ccc3[nH]nnc3c1)C2. The van der Waals surface area contributed by atoms with Crippen molar-refractivity contribution in [2.45, 2.75) is 19.4 Å². The van der Waals surface area contributed by atoms with Crippen LogP contribution in [-0.4, -0.2) is 44.6 Å². The summed E-state index contributed by atoms with van der Waals surface area (Å²) in [5.41, 5.74) is 9.39. The monoisotopic (exact) mass is 494 g/mol. The molecule has 2 aromatic heterocycles. The van der Waals surface area contributed by atoms with Crippen molar-refractivity contribution in [2.24, 2.45) is 5.73 Å². The zero-order chi connectivity index (χ0) is 23.8. The van der Waals surface area contributed by atoms with Gasteiger partial charge in [-0.15, -0.1) is 16.4 Å². The first-order valence-electron chi connectivity index (χ1n) is 10.5. The molecule has 3 amide bonds. The Morgan fingerprint density at radius 1 is 1.21 bits per heavy atom. The Bertz CT molecular complexity index is 1450. The van der Waals surface area contributed by atoms with Gasteiger partial charge in [-0.3, -0.25) is 19.5 Å². The van der Waals surface area contributed by atoms with E-state index in [1.54, 1.807) is 47.4 Å². The molecule has 1 aliphatic heterocycles. The minimum atomic E-state index is -0.605. The molecule has 4 N–H and O–H groups in total. The third-order valence-electron chi connectivity index (χ3n) is 5.67. The quantitative estimate of drug-likeness (QED) is 0.392. The van der Waals surface area contributed by atoms with Crippen molar-refractivity contribution in [3.63, 3.8) is 0 Å². The number of benzene rings is 2. The first kappa shape index (κ1) is 22.1. The Morgan fingerprint density at radius 3 is 2.85 bits per heavy atom. The van der Waals surface area contributed by atoms with Gasteiger partial charge in [-0.25, -0.2) is 0 Å². The van der Waals surface area contributed by atoms with Crippen molar-refractivity contribution in [1.82, 2.24) is 20.3 Å². The van der Waals surface area contributed by atoms with Crippen LogP contribution in [0, 0.1) is 0 Å². The van der Waals surface area contributed by atoms with Crippen LogP contribution < -0.4 is 11.1 Å². The molecule has 0 spiro atoms. The van der Waals surface area contributed by atoms with E-state index in [0.29, 0.717) is 46.2 Å². The zero-order valence-electron chi connectivity index (χ0n) is 17.8. The minimum absolute atomic E-state index is 0.108. The number of halogens is 1. The molecule has 0 unspecified atom stereocenters. The second kappa shape index (κ2) is 8.88. The van der Waals surface area contributed by atoms with Gasteiger partial charge in [-0.1, -0.05) is 28.9 Å². The number of thiophene rings is 1. The van der Waals surface area contributed by atoms with Crippen molar-refractivity contribution >= 4 is 56.7 Å². The summed E-state index contributed by atoms with van der Waals surface area (Å²) in [5.74, 6) is -1.03. The number of rotatable bonds is 5. The summed E-state index contributed by atoms with van der Waals surface area (Å²) in [7, 11) is 0. The number of hydrogen-bond donors (Lipinski definition) is 3. The number of anilines is 1. The van der Waals surface area contributed by atoms with Gasteiger partial charge in [0.1, 0.15) is 10.5 Å². The lowest BCUT2D eigenvalue weighted by atomic mass is 10.0. The number of carbonyl (C=O) groups excluding carboxylic acids is 3. The van der Waals surface area contributed by atoms with Gasteiger partial charge in [0.15, 0.2) is 0 Å². The number of amides is 3. The van der Waals surface area contributed by atoms with E-state index in [1.165, 1.54) is 11.3 Å². The van der Waals surface area contributed by atoms with Crippen molar-refractivity contribution in [2.75, 3.05) is 11.9 Å². The molecular formula is C23H19ClN6O3S. The van der Waals surface area contributed by atoms with Gasteiger partial charge in [0.2, 0.25) is 5.91 Å². The Kier molecular flexibility index (Phi) is 5.76. The van der Waals surface area contributed by atoms with Crippen molar-refractivity contribution < 1.29 is 14.4 Å². The highest BCUT2D eigenvalue weighted by atomic mass is 35.5. The van der Waals surface area contributed by atoms with E-state index in [0.717, 1.165) is 21.5 Å². The average Bonchev–Trinajstić information content (AvgIpc) is 3.41.